The quantitative estimate of drug-likeness (QED) is 0.113. The molecule has 3 N–H and O–H groups in total. The predicted octanol–water partition coefficient (Wildman–Crippen LogP) is 9.84. The lowest BCUT2D eigenvalue weighted by atomic mass is 10.0. The van der Waals surface area contributed by atoms with E-state index in [1.54, 1.807) is 48.6 Å². The van der Waals surface area contributed by atoms with E-state index in [-0.39, 0.29) is 61.1 Å². The molecule has 7 aromatic rings. The molecule has 1 aliphatic heterocycles. The summed E-state index contributed by atoms with van der Waals surface area (Å²) in [4.78, 5) is 48.5. The molecule has 0 fully saturated rings. The van der Waals surface area contributed by atoms with Crippen molar-refractivity contribution >= 4 is 62.3 Å². The summed E-state index contributed by atoms with van der Waals surface area (Å²) in [5.74, 6) is -2.43. The van der Waals surface area contributed by atoms with Gasteiger partial charge in [0, 0.05) is 62.5 Å². The van der Waals surface area contributed by atoms with E-state index in [1.807, 2.05) is 0 Å². The van der Waals surface area contributed by atoms with Gasteiger partial charge in [-0.15, -0.1) is 0 Å². The van der Waals surface area contributed by atoms with Crippen LogP contribution < -0.4 is 0 Å². The minimum atomic E-state index is -0.922. The van der Waals surface area contributed by atoms with E-state index < -0.39 is 49.3 Å². The number of benzene rings is 3. The molecular weight excluding hydrogens is 695 g/mol. The topological polar surface area (TPSA) is 190 Å². The van der Waals surface area contributed by atoms with Crippen LogP contribution in [0.5, 0.6) is 0 Å². The van der Waals surface area contributed by atoms with Crippen LogP contribution in [0, 0.1) is 47.8 Å². The number of non-ortho nitro benzene ring substituents is 1. The van der Waals surface area contributed by atoms with Gasteiger partial charge in [0.05, 0.1) is 48.9 Å². The Morgan fingerprint density at radius 1 is 0.472 bits per heavy atom. The third-order valence-corrected chi connectivity index (χ3v) is 8.81. The number of nitro groups is 3. The first-order valence-corrected chi connectivity index (χ1v) is 15.6. The molecule has 0 radical (unpaired) electrons. The summed E-state index contributed by atoms with van der Waals surface area (Å²) in [6.07, 6.45) is 3.19. The maximum atomic E-state index is 15.0. The highest BCUT2D eigenvalue weighted by atomic mass is 19.1. The van der Waals surface area contributed by atoms with Crippen LogP contribution in [0.25, 0.3) is 78.6 Å². The zero-order valence-corrected chi connectivity index (χ0v) is 26.7. The zero-order valence-electron chi connectivity index (χ0n) is 26.7. The van der Waals surface area contributed by atoms with Crippen molar-refractivity contribution in [2.75, 3.05) is 0 Å². The Morgan fingerprint density at radius 3 is 1.49 bits per heavy atom. The highest BCUT2D eigenvalue weighted by Gasteiger charge is 2.24. The smallest absolute Gasteiger partial charge is 0.277 e. The summed E-state index contributed by atoms with van der Waals surface area (Å²) in [5, 5.41) is 36.2. The second kappa shape index (κ2) is 12.3. The highest BCUT2D eigenvalue weighted by Crippen LogP contribution is 2.40. The lowest BCUT2D eigenvalue weighted by Crippen LogP contribution is -1.95. The fraction of sp³-hybridized carbons (Fsp3) is 0. The zero-order chi connectivity index (χ0) is 37.1. The molecule has 0 atom stereocenters. The van der Waals surface area contributed by atoms with Gasteiger partial charge in [-0.3, -0.25) is 30.3 Å². The average molecular weight is 716 g/mol. The number of fused-ring (bicyclic) bond motifs is 9. The van der Waals surface area contributed by atoms with Gasteiger partial charge in [-0.25, -0.2) is 18.2 Å². The van der Waals surface area contributed by atoms with Gasteiger partial charge < -0.3 is 15.0 Å². The number of nitrogens with one attached hydrogen (secondary N) is 3. The first-order valence-electron chi connectivity index (χ1n) is 15.6. The predicted molar refractivity (Wildman–Crippen MR) is 191 cm³/mol. The monoisotopic (exact) mass is 715 g/mol. The number of nitrogens with zero attached hydrogens (tertiary/aromatic N) is 4. The van der Waals surface area contributed by atoms with Crippen LogP contribution in [-0.4, -0.2) is 34.7 Å². The van der Waals surface area contributed by atoms with Gasteiger partial charge in [-0.1, -0.05) is 0 Å². The molecule has 13 nitrogen and oxygen atoms in total. The number of H-pyrrole nitrogens is 3. The molecule has 8 rings (SSSR count). The summed E-state index contributed by atoms with van der Waals surface area (Å²) in [7, 11) is 0. The molecule has 1 aliphatic rings. The van der Waals surface area contributed by atoms with Crippen LogP contribution in [-0.2, 0) is 0 Å². The molecule has 0 aliphatic carbocycles. The van der Waals surface area contributed by atoms with Gasteiger partial charge >= 0.3 is 0 Å². The van der Waals surface area contributed by atoms with Crippen LogP contribution in [0.3, 0.4) is 0 Å². The molecule has 8 bridgehead atoms. The Labute approximate surface area is 293 Å². The number of aromatic amines is 3. The number of halogens is 3. The van der Waals surface area contributed by atoms with Gasteiger partial charge in [-0.05, 0) is 84.4 Å². The molecule has 0 saturated heterocycles. The SMILES string of the molecule is O=[N+]([O-])c1cc(F)cc(-c2c3ccc([nH]3)c(-c3cc(F)ccc3[N+](=O)[O-])c3nc(c4ccc([nH]4)c(-c4cc(F)ccc4[N+](=O)[O-])c4ccc2[nH]4)C=C3)c1. The van der Waals surface area contributed by atoms with E-state index in [9.17, 15) is 39.1 Å². The van der Waals surface area contributed by atoms with E-state index in [2.05, 4.69) is 15.0 Å². The van der Waals surface area contributed by atoms with Crippen LogP contribution in [0.2, 0.25) is 0 Å². The van der Waals surface area contributed by atoms with Crippen LogP contribution in [0.15, 0.2) is 91.0 Å². The van der Waals surface area contributed by atoms with E-state index in [0.717, 1.165) is 54.6 Å². The van der Waals surface area contributed by atoms with E-state index in [4.69, 9.17) is 4.98 Å². The number of hydrogen-bond donors (Lipinski definition) is 3. The first kappa shape index (κ1) is 32.6. The van der Waals surface area contributed by atoms with Gasteiger partial charge in [0.2, 0.25) is 0 Å². The summed E-state index contributed by atoms with van der Waals surface area (Å²) in [6, 6.07) is 18.5. The van der Waals surface area contributed by atoms with E-state index in [0.29, 0.717) is 16.7 Å². The van der Waals surface area contributed by atoms with Crippen molar-refractivity contribution < 1.29 is 27.9 Å². The molecule has 260 valence electrons. The number of hydrogen-bond acceptors (Lipinski definition) is 7. The second-order valence-electron chi connectivity index (χ2n) is 12.0. The third kappa shape index (κ3) is 5.69. The Bertz CT molecular complexity index is 2890. The minimum absolute atomic E-state index is 0.0373. The maximum absolute atomic E-state index is 15.0. The summed E-state index contributed by atoms with van der Waals surface area (Å²) >= 11 is 0. The van der Waals surface area contributed by atoms with E-state index in [1.165, 1.54) is 0 Å². The molecule has 4 aromatic heterocycles. The van der Waals surface area contributed by atoms with Crippen molar-refractivity contribution in [3.05, 3.63) is 150 Å². The van der Waals surface area contributed by atoms with Crippen LogP contribution in [0.4, 0.5) is 30.2 Å². The molecule has 0 unspecified atom stereocenters. The largest absolute Gasteiger partial charge is 0.354 e. The molecular formula is C37H20F3N7O6. The van der Waals surface area contributed by atoms with Crippen molar-refractivity contribution in [1.29, 1.82) is 0 Å². The van der Waals surface area contributed by atoms with Crippen molar-refractivity contribution in [2.24, 2.45) is 0 Å². The Hall–Kier alpha value is -7.62. The van der Waals surface area contributed by atoms with Crippen molar-refractivity contribution in [3.8, 4) is 33.4 Å². The fourth-order valence-corrected chi connectivity index (χ4v) is 6.59. The fourth-order valence-electron chi connectivity index (χ4n) is 6.59. The molecule has 16 heteroatoms. The number of rotatable bonds is 6. The Balaban J connectivity index is 1.60. The summed E-state index contributed by atoms with van der Waals surface area (Å²) < 4.78 is 44.6. The van der Waals surface area contributed by atoms with Crippen LogP contribution in [0.1, 0.15) is 11.4 Å². The van der Waals surface area contributed by atoms with Gasteiger partial charge in [0.25, 0.3) is 17.1 Å². The normalized spacial score (nSPS) is 11.7. The Morgan fingerprint density at radius 2 is 0.943 bits per heavy atom. The van der Waals surface area contributed by atoms with Crippen molar-refractivity contribution in [3.63, 3.8) is 0 Å². The Kier molecular flexibility index (Phi) is 7.56. The van der Waals surface area contributed by atoms with Crippen LogP contribution >= 0.6 is 0 Å². The maximum Gasteiger partial charge on any atom is 0.277 e. The summed E-state index contributed by atoms with van der Waals surface area (Å²) in [5.41, 5.74) is 1.21. The second-order valence-corrected chi connectivity index (χ2v) is 12.0. The molecule has 53 heavy (non-hydrogen) atoms. The molecule has 0 spiro atoms. The number of nitro benzene ring substituents is 3. The number of aromatic nitrogens is 4. The average Bonchev–Trinajstić information content (AvgIpc) is 3.94. The van der Waals surface area contributed by atoms with E-state index >= 15 is 4.39 Å². The van der Waals surface area contributed by atoms with Crippen molar-refractivity contribution in [2.45, 2.75) is 0 Å². The highest BCUT2D eigenvalue weighted by molar-refractivity contribution is 6.02. The molecule has 0 amide bonds. The molecule has 5 heterocycles. The van der Waals surface area contributed by atoms with Crippen molar-refractivity contribution in [1.82, 2.24) is 19.9 Å². The lowest BCUT2D eigenvalue weighted by Gasteiger charge is -2.06. The lowest BCUT2D eigenvalue weighted by molar-refractivity contribution is -0.385. The first-order chi connectivity index (χ1) is 25.4. The summed E-state index contributed by atoms with van der Waals surface area (Å²) in [6.45, 7) is 0. The minimum Gasteiger partial charge on any atom is -0.354 e. The standard InChI is InChI=1S/C37H20F3N7O6/c38-19-1-11-33(46(50)51)23(16-19)36-29-5-3-25(41-29)26-4-6-30(42-26)37(24-17-20(39)2-12-34(24)47(52)53)32-10-8-28(44-32)35(27-7-9-31(36)43-27)18-13-21(40)15-22(14-18)45(48)49/h1-17,41,43-44H. The molecule has 3 aromatic carbocycles. The van der Waals surface area contributed by atoms with Gasteiger partial charge in [0.15, 0.2) is 0 Å². The van der Waals surface area contributed by atoms with Gasteiger partial charge in [0.1, 0.15) is 17.5 Å². The third-order valence-electron chi connectivity index (χ3n) is 8.81. The van der Waals surface area contributed by atoms with Gasteiger partial charge in [-0.2, -0.15) is 0 Å². The molecule has 0 saturated carbocycles.